The number of sulfone groups is 1. The molecule has 0 bridgehead atoms. The second-order valence-electron chi connectivity index (χ2n) is 6.41. The Morgan fingerprint density at radius 2 is 1.41 bits per heavy atom. The van der Waals surface area contributed by atoms with Crippen LogP contribution in [-0.2, 0) is 36.0 Å². The van der Waals surface area contributed by atoms with Crippen molar-refractivity contribution >= 4 is 37.4 Å². The first-order valence-electron chi connectivity index (χ1n) is 8.40. The summed E-state index contributed by atoms with van der Waals surface area (Å²) in [7, 11) is -7.77. The van der Waals surface area contributed by atoms with Crippen molar-refractivity contribution in [2.75, 3.05) is 16.8 Å². The number of rotatable bonds is 8. The van der Waals surface area contributed by atoms with Crippen molar-refractivity contribution in [2.45, 2.75) is 18.4 Å². The lowest BCUT2D eigenvalue weighted by molar-refractivity contribution is -0.118. The summed E-state index contributed by atoms with van der Waals surface area (Å²) >= 11 is 0. The van der Waals surface area contributed by atoms with Crippen molar-refractivity contribution in [1.29, 1.82) is 0 Å². The molecule has 0 heterocycles. The molecule has 0 radical (unpaired) electrons. The van der Waals surface area contributed by atoms with Gasteiger partial charge in [-0.1, -0.05) is 29.8 Å². The van der Waals surface area contributed by atoms with Gasteiger partial charge in [-0.05, 0) is 36.8 Å². The van der Waals surface area contributed by atoms with Crippen molar-refractivity contribution in [3.05, 3.63) is 59.7 Å². The summed E-state index contributed by atoms with van der Waals surface area (Å²) in [4.78, 5) is 23.7. The number of amides is 2. The van der Waals surface area contributed by atoms with E-state index in [-0.39, 0.29) is 11.4 Å². The molecule has 2 rings (SSSR count). The summed E-state index contributed by atoms with van der Waals surface area (Å²) in [6.07, 6.45) is 0. The van der Waals surface area contributed by atoms with E-state index in [0.717, 1.165) is 5.56 Å². The average Bonchev–Trinajstić information content (AvgIpc) is 2.60. The molecule has 2 aromatic rings. The Morgan fingerprint density at radius 1 is 0.862 bits per heavy atom. The van der Waals surface area contributed by atoms with E-state index in [0.29, 0.717) is 11.3 Å². The number of primary sulfonamides is 1. The van der Waals surface area contributed by atoms with E-state index in [4.69, 9.17) is 5.14 Å². The Kier molecular flexibility index (Phi) is 7.11. The van der Waals surface area contributed by atoms with Crippen LogP contribution in [0.1, 0.15) is 11.1 Å². The van der Waals surface area contributed by atoms with Crippen LogP contribution in [0.3, 0.4) is 0 Å². The molecule has 0 atom stereocenters. The second-order valence-corrected chi connectivity index (χ2v) is 10.0. The van der Waals surface area contributed by atoms with Gasteiger partial charge >= 0.3 is 0 Å². The number of hydrogen-bond acceptors (Lipinski definition) is 6. The van der Waals surface area contributed by atoms with E-state index in [1.54, 1.807) is 24.3 Å². The molecule has 4 N–H and O–H groups in total. The highest BCUT2D eigenvalue weighted by molar-refractivity contribution is 7.92. The molecule has 11 heteroatoms. The summed E-state index contributed by atoms with van der Waals surface area (Å²) < 4.78 is 46.5. The number of sulfonamides is 1. The lowest BCUT2D eigenvalue weighted by atomic mass is 10.2. The van der Waals surface area contributed by atoms with E-state index < -0.39 is 43.2 Å². The number of carbonyl (C=O) groups excluding carboxylic acids is 2. The van der Waals surface area contributed by atoms with E-state index in [1.807, 2.05) is 6.92 Å². The fourth-order valence-electron chi connectivity index (χ4n) is 2.33. The summed E-state index contributed by atoms with van der Waals surface area (Å²) in [6.45, 7) is 1.87. The molecule has 0 unspecified atom stereocenters. The van der Waals surface area contributed by atoms with Crippen LogP contribution < -0.4 is 15.8 Å². The first-order valence-corrected chi connectivity index (χ1v) is 11.8. The maximum atomic E-state index is 12.1. The Balaban J connectivity index is 1.85. The molecule has 2 aromatic carbocycles. The van der Waals surface area contributed by atoms with Gasteiger partial charge in [0.25, 0.3) is 0 Å². The summed E-state index contributed by atoms with van der Waals surface area (Å²) in [5.41, 5.74) is 2.01. The van der Waals surface area contributed by atoms with Crippen LogP contribution in [0.4, 0.5) is 5.69 Å². The minimum absolute atomic E-state index is 0.00514. The maximum Gasteiger partial charge on any atom is 0.239 e. The minimum Gasteiger partial charge on any atom is -0.351 e. The molecule has 0 aliphatic carbocycles. The van der Waals surface area contributed by atoms with E-state index >= 15 is 0 Å². The molecule has 9 nitrogen and oxygen atoms in total. The number of anilines is 1. The molecule has 0 spiro atoms. The molecule has 0 fully saturated rings. The Bertz CT molecular complexity index is 1090. The predicted octanol–water partition coefficient (Wildman–Crippen LogP) is 0.312. The molecule has 2 amide bonds. The van der Waals surface area contributed by atoms with Gasteiger partial charge in [0.15, 0.2) is 9.84 Å². The van der Waals surface area contributed by atoms with Crippen molar-refractivity contribution < 1.29 is 26.4 Å². The highest BCUT2D eigenvalue weighted by Crippen LogP contribution is 2.10. The topological polar surface area (TPSA) is 152 Å². The molecule has 0 saturated heterocycles. The van der Waals surface area contributed by atoms with Gasteiger partial charge in [-0.3, -0.25) is 9.59 Å². The van der Waals surface area contributed by atoms with Gasteiger partial charge in [0.1, 0.15) is 11.5 Å². The van der Waals surface area contributed by atoms with Crippen LogP contribution in [0.25, 0.3) is 0 Å². The van der Waals surface area contributed by atoms with Gasteiger partial charge in [-0.15, -0.1) is 0 Å². The fourth-order valence-corrected chi connectivity index (χ4v) is 3.92. The number of aryl methyl sites for hydroxylation is 1. The van der Waals surface area contributed by atoms with Crippen LogP contribution >= 0.6 is 0 Å². The third-order valence-corrected chi connectivity index (χ3v) is 6.11. The van der Waals surface area contributed by atoms with Crippen LogP contribution in [-0.4, -0.2) is 40.2 Å². The predicted molar refractivity (Wildman–Crippen MR) is 108 cm³/mol. The van der Waals surface area contributed by atoms with Crippen LogP contribution in [0.5, 0.6) is 0 Å². The monoisotopic (exact) mass is 439 g/mol. The summed E-state index contributed by atoms with van der Waals surface area (Å²) in [5, 5.41) is 9.87. The van der Waals surface area contributed by atoms with E-state index in [9.17, 15) is 26.4 Å². The molecular weight excluding hydrogens is 418 g/mol. The van der Waals surface area contributed by atoms with Gasteiger partial charge in [-0.2, -0.15) is 0 Å². The number of nitrogens with one attached hydrogen (secondary N) is 2. The quantitative estimate of drug-likeness (QED) is 0.538. The normalized spacial score (nSPS) is 11.7. The summed E-state index contributed by atoms with van der Waals surface area (Å²) in [6, 6.07) is 12.3. The van der Waals surface area contributed by atoms with Crippen molar-refractivity contribution in [3.63, 3.8) is 0 Å². The molecule has 0 aliphatic heterocycles. The first-order chi connectivity index (χ1) is 13.4. The fraction of sp³-hybridized carbons (Fsp3) is 0.222. The van der Waals surface area contributed by atoms with Crippen LogP contribution in [0.2, 0.25) is 0 Å². The zero-order valence-electron chi connectivity index (χ0n) is 15.6. The molecule has 156 valence electrons. The molecule has 29 heavy (non-hydrogen) atoms. The Labute approximate surface area is 169 Å². The molecule has 0 aromatic heterocycles. The van der Waals surface area contributed by atoms with Crippen molar-refractivity contribution in [3.8, 4) is 0 Å². The number of nitrogens with two attached hydrogens (primary N) is 1. The summed E-state index contributed by atoms with van der Waals surface area (Å²) in [5.74, 6) is -3.18. The molecule has 0 aliphatic rings. The lowest BCUT2D eigenvalue weighted by Gasteiger charge is -2.08. The molecular formula is C18H21N3O6S2. The number of carbonyl (C=O) groups is 2. The van der Waals surface area contributed by atoms with Gasteiger partial charge in [0.05, 0.1) is 4.90 Å². The second kappa shape index (κ2) is 9.16. The third kappa shape index (κ3) is 7.64. The third-order valence-electron chi connectivity index (χ3n) is 3.78. The smallest absolute Gasteiger partial charge is 0.239 e. The van der Waals surface area contributed by atoms with E-state index in [2.05, 4.69) is 10.6 Å². The average molecular weight is 440 g/mol. The van der Waals surface area contributed by atoms with Gasteiger partial charge < -0.3 is 10.6 Å². The standard InChI is InChI=1S/C18H21N3O6S2/c1-13-2-6-15(7-3-13)21-18(23)12-28(24,25)11-17(22)20-10-14-4-8-16(9-5-14)29(19,26)27/h2-9H,10-12H2,1H3,(H,20,22)(H,21,23)(H2,19,26,27). The van der Waals surface area contributed by atoms with Crippen molar-refractivity contribution in [1.82, 2.24) is 5.32 Å². The SMILES string of the molecule is Cc1ccc(NC(=O)CS(=O)(=O)CC(=O)NCc2ccc(S(N)(=O)=O)cc2)cc1. The van der Waals surface area contributed by atoms with E-state index in [1.165, 1.54) is 24.3 Å². The Morgan fingerprint density at radius 3 is 1.97 bits per heavy atom. The number of benzene rings is 2. The van der Waals surface area contributed by atoms with Gasteiger partial charge in [-0.25, -0.2) is 22.0 Å². The zero-order valence-corrected chi connectivity index (χ0v) is 17.2. The first kappa shape index (κ1) is 22.5. The van der Waals surface area contributed by atoms with Crippen LogP contribution in [0.15, 0.2) is 53.4 Å². The maximum absolute atomic E-state index is 12.1. The zero-order chi connectivity index (χ0) is 21.7. The number of hydrogen-bond donors (Lipinski definition) is 3. The largest absolute Gasteiger partial charge is 0.351 e. The minimum atomic E-state index is -3.96. The highest BCUT2D eigenvalue weighted by atomic mass is 32.2. The molecule has 0 saturated carbocycles. The van der Waals surface area contributed by atoms with Gasteiger partial charge in [0.2, 0.25) is 21.8 Å². The Hall–Kier alpha value is -2.76. The van der Waals surface area contributed by atoms with Gasteiger partial charge in [0, 0.05) is 12.2 Å². The van der Waals surface area contributed by atoms with Crippen LogP contribution in [0, 0.1) is 6.92 Å². The van der Waals surface area contributed by atoms with Crippen molar-refractivity contribution in [2.24, 2.45) is 5.14 Å². The highest BCUT2D eigenvalue weighted by Gasteiger charge is 2.21. The lowest BCUT2D eigenvalue weighted by Crippen LogP contribution is -2.33.